The van der Waals surface area contributed by atoms with E-state index in [0.717, 1.165) is 77.1 Å². The molecule has 0 aliphatic heterocycles. The number of hydrogen-bond acceptors (Lipinski definition) is 4. The highest BCUT2D eigenvalue weighted by molar-refractivity contribution is 6.14. The fourth-order valence-corrected chi connectivity index (χ4v) is 9.13. The molecule has 62 heavy (non-hydrogen) atoms. The molecule has 0 spiro atoms. The summed E-state index contributed by atoms with van der Waals surface area (Å²) in [5, 5.41) is 11.6. The first-order valence-electron chi connectivity index (χ1n) is 21.0. The second kappa shape index (κ2) is 14.7. The quantitative estimate of drug-likeness (QED) is 0.158. The van der Waals surface area contributed by atoms with E-state index in [-0.39, 0.29) is 0 Å². The van der Waals surface area contributed by atoms with Gasteiger partial charge >= 0.3 is 0 Å². The zero-order valence-electron chi connectivity index (χ0n) is 33.6. The first-order valence-corrected chi connectivity index (χ1v) is 21.0. The van der Waals surface area contributed by atoms with Crippen molar-refractivity contribution in [3.63, 3.8) is 0 Å². The summed E-state index contributed by atoms with van der Waals surface area (Å²) in [7, 11) is 0. The summed E-state index contributed by atoms with van der Waals surface area (Å²) in [4.78, 5) is 20.8. The number of hydrogen-bond donors (Lipinski definition) is 0. The van der Waals surface area contributed by atoms with Crippen molar-refractivity contribution < 1.29 is 0 Å². The van der Waals surface area contributed by atoms with E-state index in [0.29, 0.717) is 17.5 Å². The van der Waals surface area contributed by atoms with E-state index in [1.807, 2.05) is 6.20 Å². The summed E-state index contributed by atoms with van der Waals surface area (Å²) < 4.78 is 0. The van der Waals surface area contributed by atoms with Crippen LogP contribution >= 0.6 is 0 Å². The van der Waals surface area contributed by atoms with Crippen molar-refractivity contribution in [3.8, 4) is 67.7 Å². The lowest BCUT2D eigenvalue weighted by atomic mass is 9.90. The number of benzene rings is 10. The Bertz CT molecular complexity index is 3590. The van der Waals surface area contributed by atoms with Crippen LogP contribution < -0.4 is 0 Å². The fourth-order valence-electron chi connectivity index (χ4n) is 9.13. The number of aromatic nitrogens is 4. The van der Waals surface area contributed by atoms with Crippen molar-refractivity contribution in [1.82, 2.24) is 19.9 Å². The molecular weight excluding hydrogens is 753 g/mol. The number of fused-ring (bicyclic) bond motifs is 6. The van der Waals surface area contributed by atoms with Gasteiger partial charge in [-0.05, 0) is 101 Å². The van der Waals surface area contributed by atoms with Gasteiger partial charge < -0.3 is 0 Å². The third kappa shape index (κ3) is 6.16. The topological polar surface area (TPSA) is 51.6 Å². The molecule has 0 saturated carbocycles. The van der Waals surface area contributed by atoms with Crippen LogP contribution in [0.25, 0.3) is 122 Å². The van der Waals surface area contributed by atoms with Gasteiger partial charge in [0.25, 0.3) is 0 Å². The Morgan fingerprint density at radius 3 is 1.37 bits per heavy atom. The molecule has 2 aromatic heterocycles. The van der Waals surface area contributed by atoms with Crippen LogP contribution in [0.4, 0.5) is 0 Å². The van der Waals surface area contributed by atoms with Crippen molar-refractivity contribution in [2.45, 2.75) is 0 Å². The first kappa shape index (κ1) is 35.6. The summed E-state index contributed by atoms with van der Waals surface area (Å²) in [6.45, 7) is 0. The first-order chi connectivity index (χ1) is 30.7. The molecule has 0 atom stereocenters. The van der Waals surface area contributed by atoms with Crippen LogP contribution in [0.5, 0.6) is 0 Å². The average molecular weight is 789 g/mol. The molecule has 0 aliphatic rings. The second-order valence-corrected chi connectivity index (χ2v) is 15.8. The lowest BCUT2D eigenvalue weighted by molar-refractivity contribution is 1.08. The molecule has 2 heterocycles. The van der Waals surface area contributed by atoms with Crippen LogP contribution in [0.3, 0.4) is 0 Å². The van der Waals surface area contributed by atoms with Crippen LogP contribution in [0, 0.1) is 0 Å². The van der Waals surface area contributed by atoms with E-state index >= 15 is 0 Å². The van der Waals surface area contributed by atoms with E-state index in [1.54, 1.807) is 0 Å². The lowest BCUT2D eigenvalue weighted by Gasteiger charge is -2.16. The van der Waals surface area contributed by atoms with Gasteiger partial charge in [0, 0.05) is 33.8 Å². The molecule has 0 N–H and O–H groups in total. The molecule has 0 bridgehead atoms. The Balaban J connectivity index is 1.11. The number of pyridine rings is 1. The van der Waals surface area contributed by atoms with Crippen LogP contribution in [-0.4, -0.2) is 19.9 Å². The van der Waals surface area contributed by atoms with Gasteiger partial charge in [0.15, 0.2) is 17.5 Å². The van der Waals surface area contributed by atoms with Crippen LogP contribution in [-0.2, 0) is 0 Å². The number of nitrogens with zero attached hydrogens (tertiary/aromatic N) is 4. The monoisotopic (exact) mass is 788 g/mol. The Morgan fingerprint density at radius 1 is 0.242 bits per heavy atom. The van der Waals surface area contributed by atoms with Crippen LogP contribution in [0.15, 0.2) is 219 Å². The van der Waals surface area contributed by atoms with E-state index < -0.39 is 0 Å². The van der Waals surface area contributed by atoms with E-state index in [4.69, 9.17) is 19.9 Å². The van der Waals surface area contributed by atoms with Gasteiger partial charge in [-0.2, -0.15) is 0 Å². The molecular formula is C58H36N4. The maximum absolute atomic E-state index is 5.36. The Hall–Kier alpha value is -8.34. The molecule has 0 fully saturated rings. The standard InChI is InChI=1S/C58H36N4/c1-5-19-46-38(13-1)17-11-25-52(46)57-60-56(61-58(62-57)53-26-12-18-39-14-2-6-20-47(39)53)45-34-43(37-27-29-41(30-28-37)55-49-22-8-3-15-40(49)31-32-59-55)33-44(35-45)54-36-42-16-4-7-21-48(42)50-23-9-10-24-51(50)54/h1-36H. The normalized spacial score (nSPS) is 11.5. The minimum atomic E-state index is 0.607. The predicted molar refractivity (Wildman–Crippen MR) is 258 cm³/mol. The minimum Gasteiger partial charge on any atom is -0.256 e. The molecule has 4 heteroatoms. The molecule has 0 amide bonds. The number of rotatable bonds is 6. The Labute approximate surface area is 358 Å². The SMILES string of the molecule is c1ccc2c(-c3nc(-c4cc(-c5ccc(-c6nccc7ccccc67)cc5)cc(-c5cc6ccccc6c6ccccc56)c4)nc(-c4cccc5ccccc45)n3)cccc2c1. The Morgan fingerprint density at radius 2 is 0.710 bits per heavy atom. The molecule has 0 radical (unpaired) electrons. The van der Waals surface area contributed by atoms with Gasteiger partial charge in [-0.1, -0.05) is 182 Å². The van der Waals surface area contributed by atoms with E-state index in [2.05, 4.69) is 212 Å². The molecule has 0 saturated heterocycles. The van der Waals surface area contributed by atoms with Crippen molar-refractivity contribution in [3.05, 3.63) is 219 Å². The summed E-state index contributed by atoms with van der Waals surface area (Å²) >= 11 is 0. The van der Waals surface area contributed by atoms with Crippen molar-refractivity contribution in [2.24, 2.45) is 0 Å². The van der Waals surface area contributed by atoms with Crippen molar-refractivity contribution in [2.75, 3.05) is 0 Å². The summed E-state index contributed by atoms with van der Waals surface area (Å²) in [5.74, 6) is 1.87. The maximum Gasteiger partial charge on any atom is 0.164 e. The van der Waals surface area contributed by atoms with Crippen molar-refractivity contribution >= 4 is 53.9 Å². The van der Waals surface area contributed by atoms with Gasteiger partial charge in [-0.3, -0.25) is 4.98 Å². The summed E-state index contributed by atoms with van der Waals surface area (Å²) in [6, 6.07) is 75.3. The third-order valence-corrected chi connectivity index (χ3v) is 12.1. The van der Waals surface area contributed by atoms with Gasteiger partial charge in [0.2, 0.25) is 0 Å². The highest BCUT2D eigenvalue weighted by Crippen LogP contribution is 2.40. The van der Waals surface area contributed by atoms with Crippen LogP contribution in [0.1, 0.15) is 0 Å². The predicted octanol–water partition coefficient (Wildman–Crippen LogP) is 15.0. The largest absolute Gasteiger partial charge is 0.256 e. The van der Waals surface area contributed by atoms with Gasteiger partial charge in [-0.25, -0.2) is 15.0 Å². The fraction of sp³-hybridized carbons (Fsp3) is 0. The zero-order valence-corrected chi connectivity index (χ0v) is 33.6. The van der Waals surface area contributed by atoms with E-state index in [1.165, 1.54) is 26.9 Å². The molecule has 288 valence electrons. The van der Waals surface area contributed by atoms with E-state index in [9.17, 15) is 0 Å². The highest BCUT2D eigenvalue weighted by Gasteiger charge is 2.19. The van der Waals surface area contributed by atoms with Crippen LogP contribution in [0.2, 0.25) is 0 Å². The van der Waals surface area contributed by atoms with Gasteiger partial charge in [0.1, 0.15) is 0 Å². The average Bonchev–Trinajstić information content (AvgIpc) is 3.35. The smallest absolute Gasteiger partial charge is 0.164 e. The van der Waals surface area contributed by atoms with Crippen molar-refractivity contribution in [1.29, 1.82) is 0 Å². The third-order valence-electron chi connectivity index (χ3n) is 12.1. The summed E-state index contributed by atoms with van der Waals surface area (Å²) in [6.07, 6.45) is 1.89. The van der Waals surface area contributed by atoms with Gasteiger partial charge in [-0.15, -0.1) is 0 Å². The van der Waals surface area contributed by atoms with Gasteiger partial charge in [0.05, 0.1) is 5.69 Å². The second-order valence-electron chi connectivity index (χ2n) is 15.8. The molecule has 0 aliphatic carbocycles. The molecule has 12 aromatic rings. The molecule has 12 rings (SSSR count). The maximum atomic E-state index is 5.36. The zero-order chi connectivity index (χ0) is 41.0. The minimum absolute atomic E-state index is 0.607. The highest BCUT2D eigenvalue weighted by atomic mass is 15.0. The molecule has 4 nitrogen and oxygen atoms in total. The molecule has 10 aromatic carbocycles. The lowest BCUT2D eigenvalue weighted by Crippen LogP contribution is -2.01. The molecule has 0 unspecified atom stereocenters. The summed E-state index contributed by atoms with van der Waals surface area (Å²) in [5.41, 5.74) is 9.24. The Kier molecular flexibility index (Phi) is 8.46.